The van der Waals surface area contributed by atoms with Gasteiger partial charge in [0.05, 0.1) is 17.8 Å². The maximum Gasteiger partial charge on any atom is 0.267 e. The van der Waals surface area contributed by atoms with Crippen molar-refractivity contribution in [3.8, 4) is 6.07 Å². The van der Waals surface area contributed by atoms with Crippen LogP contribution in [0.3, 0.4) is 0 Å². The number of amides is 1. The Morgan fingerprint density at radius 2 is 1.88 bits per heavy atom. The Balaban J connectivity index is 1.68. The summed E-state index contributed by atoms with van der Waals surface area (Å²) in [5.41, 5.74) is 1.31. The molecule has 174 valence electrons. The van der Waals surface area contributed by atoms with Crippen molar-refractivity contribution >= 4 is 23.4 Å². The third kappa shape index (κ3) is 5.16. The van der Waals surface area contributed by atoms with Crippen LogP contribution in [0.2, 0.25) is 0 Å². The van der Waals surface area contributed by atoms with Gasteiger partial charge in [0.2, 0.25) is 0 Å². The molecule has 1 aliphatic heterocycles. The van der Waals surface area contributed by atoms with Gasteiger partial charge in [0.25, 0.3) is 11.5 Å². The van der Waals surface area contributed by atoms with Gasteiger partial charge in [0.15, 0.2) is 0 Å². The van der Waals surface area contributed by atoms with E-state index >= 15 is 0 Å². The van der Waals surface area contributed by atoms with Crippen LogP contribution < -0.4 is 15.8 Å². The molecule has 8 heteroatoms. The molecule has 4 rings (SSSR count). The second-order valence-electron chi connectivity index (χ2n) is 8.41. The lowest BCUT2D eigenvalue weighted by Crippen LogP contribution is -2.46. The molecular formula is C26H27N5O3. The SMILES string of the molecule is C[C@@H]1CN(c2nc3ccccn3c(=O)c2/C=C(\C#N)C(=O)NCCc2ccccc2)C[C@H](C)O1. The first-order valence-electron chi connectivity index (χ1n) is 11.3. The first-order valence-corrected chi connectivity index (χ1v) is 11.3. The molecule has 1 aromatic carbocycles. The number of nitrogens with zero attached hydrogens (tertiary/aromatic N) is 4. The van der Waals surface area contributed by atoms with Crippen LogP contribution in [0.4, 0.5) is 5.82 Å². The van der Waals surface area contributed by atoms with Crippen LogP contribution >= 0.6 is 0 Å². The van der Waals surface area contributed by atoms with E-state index in [0.29, 0.717) is 37.5 Å². The molecule has 1 fully saturated rings. The maximum absolute atomic E-state index is 13.4. The average molecular weight is 458 g/mol. The highest BCUT2D eigenvalue weighted by atomic mass is 16.5. The predicted molar refractivity (Wildman–Crippen MR) is 130 cm³/mol. The average Bonchev–Trinajstić information content (AvgIpc) is 2.83. The highest BCUT2D eigenvalue weighted by Crippen LogP contribution is 2.23. The van der Waals surface area contributed by atoms with Gasteiger partial charge in [0.1, 0.15) is 23.1 Å². The number of hydrogen-bond donors (Lipinski definition) is 1. The van der Waals surface area contributed by atoms with E-state index < -0.39 is 5.91 Å². The number of hydrogen-bond acceptors (Lipinski definition) is 6. The van der Waals surface area contributed by atoms with Crippen molar-refractivity contribution in [1.82, 2.24) is 14.7 Å². The molecule has 34 heavy (non-hydrogen) atoms. The normalized spacial score (nSPS) is 18.5. The molecule has 0 radical (unpaired) electrons. The summed E-state index contributed by atoms with van der Waals surface area (Å²) >= 11 is 0. The first kappa shape index (κ1) is 23.2. The molecule has 1 amide bonds. The maximum atomic E-state index is 13.4. The van der Waals surface area contributed by atoms with Gasteiger partial charge in [0, 0.05) is 25.8 Å². The van der Waals surface area contributed by atoms with Gasteiger partial charge in [-0.2, -0.15) is 5.26 Å². The van der Waals surface area contributed by atoms with Gasteiger partial charge in [-0.15, -0.1) is 0 Å². The Kier molecular flexibility index (Phi) is 7.04. The van der Waals surface area contributed by atoms with Crippen molar-refractivity contribution < 1.29 is 9.53 Å². The highest BCUT2D eigenvalue weighted by molar-refractivity contribution is 6.02. The van der Waals surface area contributed by atoms with E-state index in [1.807, 2.05) is 61.2 Å². The second-order valence-corrected chi connectivity index (χ2v) is 8.41. The van der Waals surface area contributed by atoms with Crippen LogP contribution in [0.25, 0.3) is 11.7 Å². The van der Waals surface area contributed by atoms with Gasteiger partial charge in [-0.25, -0.2) is 4.98 Å². The summed E-state index contributed by atoms with van der Waals surface area (Å²) in [4.78, 5) is 32.9. The van der Waals surface area contributed by atoms with E-state index in [0.717, 1.165) is 5.56 Å². The van der Waals surface area contributed by atoms with Crippen LogP contribution in [0, 0.1) is 11.3 Å². The molecule has 2 atom stereocenters. The summed E-state index contributed by atoms with van der Waals surface area (Å²) < 4.78 is 7.25. The Morgan fingerprint density at radius 1 is 1.18 bits per heavy atom. The number of fused-ring (bicyclic) bond motifs is 1. The summed E-state index contributed by atoms with van der Waals surface area (Å²) in [5, 5.41) is 12.5. The minimum atomic E-state index is -0.523. The standard InChI is InChI=1S/C26H27N5O3/c1-18-16-30(17-19(2)34-18)24-22(26(33)31-13-7-6-10-23(31)29-24)14-21(15-27)25(32)28-12-11-20-8-4-3-5-9-20/h3-10,13-14,18-19H,11-12,16-17H2,1-2H3,(H,28,32)/b21-14+/t18-,19+. The van der Waals surface area contributed by atoms with Crippen LogP contribution in [-0.4, -0.2) is 47.1 Å². The summed E-state index contributed by atoms with van der Waals surface area (Å²) in [6, 6.07) is 17.0. The van der Waals surface area contributed by atoms with E-state index in [-0.39, 0.29) is 28.9 Å². The number of carbonyl (C=O) groups is 1. The first-order chi connectivity index (χ1) is 16.5. The smallest absolute Gasteiger partial charge is 0.267 e. The van der Waals surface area contributed by atoms with Crippen LogP contribution in [-0.2, 0) is 16.0 Å². The molecule has 1 aliphatic rings. The third-order valence-corrected chi connectivity index (χ3v) is 5.66. The van der Waals surface area contributed by atoms with Crippen molar-refractivity contribution in [3.05, 3.63) is 81.8 Å². The van der Waals surface area contributed by atoms with Crippen molar-refractivity contribution in [2.45, 2.75) is 32.5 Å². The van der Waals surface area contributed by atoms with E-state index in [1.54, 1.807) is 18.3 Å². The molecule has 0 spiro atoms. The van der Waals surface area contributed by atoms with Crippen LogP contribution in [0.15, 0.2) is 65.1 Å². The monoisotopic (exact) mass is 457 g/mol. The Hall–Kier alpha value is -3.96. The van der Waals surface area contributed by atoms with E-state index in [9.17, 15) is 14.9 Å². The Bertz CT molecular complexity index is 1300. The van der Waals surface area contributed by atoms with E-state index in [4.69, 9.17) is 9.72 Å². The van der Waals surface area contributed by atoms with E-state index in [1.165, 1.54) is 10.5 Å². The lowest BCUT2D eigenvalue weighted by molar-refractivity contribution is -0.117. The minimum absolute atomic E-state index is 0.0478. The largest absolute Gasteiger partial charge is 0.372 e. The highest BCUT2D eigenvalue weighted by Gasteiger charge is 2.27. The molecule has 1 saturated heterocycles. The number of aromatic nitrogens is 2. The quantitative estimate of drug-likeness (QED) is 0.451. The summed E-state index contributed by atoms with van der Waals surface area (Å²) in [7, 11) is 0. The summed E-state index contributed by atoms with van der Waals surface area (Å²) in [5.74, 6) is -0.0753. The van der Waals surface area contributed by atoms with E-state index in [2.05, 4.69) is 5.32 Å². The Labute approximate surface area is 198 Å². The number of morpholine rings is 1. The number of pyridine rings is 1. The predicted octanol–water partition coefficient (Wildman–Crippen LogP) is 2.57. The zero-order chi connectivity index (χ0) is 24.1. The Morgan fingerprint density at radius 3 is 2.59 bits per heavy atom. The zero-order valence-electron chi connectivity index (χ0n) is 19.3. The number of nitriles is 1. The molecule has 0 saturated carbocycles. The third-order valence-electron chi connectivity index (χ3n) is 5.66. The molecule has 0 aliphatic carbocycles. The van der Waals surface area contributed by atoms with Crippen molar-refractivity contribution in [1.29, 1.82) is 5.26 Å². The van der Waals surface area contributed by atoms with Crippen molar-refractivity contribution in [2.75, 3.05) is 24.5 Å². The van der Waals surface area contributed by atoms with Gasteiger partial charge < -0.3 is 15.0 Å². The van der Waals surface area contributed by atoms with Gasteiger partial charge in [-0.05, 0) is 44.0 Å². The molecule has 8 nitrogen and oxygen atoms in total. The lowest BCUT2D eigenvalue weighted by Gasteiger charge is -2.36. The second kappa shape index (κ2) is 10.3. The number of benzene rings is 1. The summed E-state index contributed by atoms with van der Waals surface area (Å²) in [6.45, 7) is 5.40. The number of carbonyl (C=O) groups excluding carboxylic acids is 1. The minimum Gasteiger partial charge on any atom is -0.372 e. The fourth-order valence-corrected chi connectivity index (χ4v) is 4.16. The molecule has 3 aromatic rings. The molecule has 3 heterocycles. The number of ether oxygens (including phenoxy) is 1. The lowest BCUT2D eigenvalue weighted by atomic mass is 10.1. The number of nitrogens with one attached hydrogen (secondary N) is 1. The number of anilines is 1. The van der Waals surface area contributed by atoms with Gasteiger partial charge in [-0.3, -0.25) is 14.0 Å². The topological polar surface area (TPSA) is 99.7 Å². The number of rotatable bonds is 6. The molecule has 2 aromatic heterocycles. The van der Waals surface area contributed by atoms with Crippen LogP contribution in [0.5, 0.6) is 0 Å². The summed E-state index contributed by atoms with van der Waals surface area (Å²) in [6.07, 6.45) is 3.52. The molecule has 0 unspecified atom stereocenters. The zero-order valence-corrected chi connectivity index (χ0v) is 19.3. The fourth-order valence-electron chi connectivity index (χ4n) is 4.16. The van der Waals surface area contributed by atoms with Crippen LogP contribution in [0.1, 0.15) is 25.0 Å². The van der Waals surface area contributed by atoms with Gasteiger partial charge >= 0.3 is 0 Å². The van der Waals surface area contributed by atoms with Gasteiger partial charge in [-0.1, -0.05) is 36.4 Å². The molecule has 1 N–H and O–H groups in total. The van der Waals surface area contributed by atoms with Crippen molar-refractivity contribution in [2.24, 2.45) is 0 Å². The molecular weight excluding hydrogens is 430 g/mol. The molecule has 0 bridgehead atoms. The van der Waals surface area contributed by atoms with Crippen molar-refractivity contribution in [3.63, 3.8) is 0 Å². The fraction of sp³-hybridized carbons (Fsp3) is 0.308.